The minimum absolute atomic E-state index is 0.827. The van der Waals surface area contributed by atoms with Gasteiger partial charge in [0.2, 0.25) is 0 Å². The molecule has 2 N–H and O–H groups in total. The molecule has 0 aliphatic heterocycles. The molecular weight excluding hydrogens is 158 g/mol. The zero-order chi connectivity index (χ0) is 9.52. The fraction of sp³-hybridized carbons (Fsp3) is 0.500. The zero-order valence-corrected chi connectivity index (χ0v) is 8.42. The van der Waals surface area contributed by atoms with Gasteiger partial charge in [0.05, 0.1) is 0 Å². The normalized spacial score (nSPS) is 10.3. The van der Waals surface area contributed by atoms with Crippen molar-refractivity contribution in [1.29, 1.82) is 0 Å². The quantitative estimate of drug-likeness (QED) is 0.687. The third-order valence-electron chi connectivity index (χ3n) is 2.41. The van der Waals surface area contributed by atoms with E-state index in [1.807, 2.05) is 0 Å². The Labute approximate surface area is 81.0 Å². The van der Waals surface area contributed by atoms with Crippen molar-refractivity contribution in [2.45, 2.75) is 32.6 Å². The monoisotopic (exact) mass is 177 g/mol. The van der Waals surface area contributed by atoms with Crippen molar-refractivity contribution in [3.8, 4) is 0 Å². The molecule has 0 saturated heterocycles. The van der Waals surface area contributed by atoms with E-state index in [1.54, 1.807) is 0 Å². The van der Waals surface area contributed by atoms with Gasteiger partial charge in [-0.1, -0.05) is 30.7 Å². The average molecular weight is 177 g/mol. The molecule has 0 amide bonds. The molecule has 1 aromatic rings. The molecule has 0 fully saturated rings. The van der Waals surface area contributed by atoms with Gasteiger partial charge in [-0.25, -0.2) is 0 Å². The Hall–Kier alpha value is -0.820. The highest BCUT2D eigenvalue weighted by Crippen LogP contribution is 2.10. The largest absolute Gasteiger partial charge is 0.330 e. The van der Waals surface area contributed by atoms with Crippen molar-refractivity contribution in [2.24, 2.45) is 5.73 Å². The van der Waals surface area contributed by atoms with Gasteiger partial charge in [0.15, 0.2) is 0 Å². The highest BCUT2D eigenvalue weighted by molar-refractivity contribution is 5.25. The maximum absolute atomic E-state index is 5.44. The van der Waals surface area contributed by atoms with Crippen molar-refractivity contribution in [2.75, 3.05) is 6.54 Å². The molecule has 0 heterocycles. The molecule has 1 rings (SSSR count). The molecule has 1 heteroatoms. The lowest BCUT2D eigenvalue weighted by molar-refractivity contribution is 0.685. The lowest BCUT2D eigenvalue weighted by Crippen LogP contribution is -1.98. The third kappa shape index (κ3) is 3.60. The van der Waals surface area contributed by atoms with E-state index in [4.69, 9.17) is 5.73 Å². The SMILES string of the molecule is Cc1ccccc1CCCCCN. The highest BCUT2D eigenvalue weighted by Gasteiger charge is 1.95. The fourth-order valence-electron chi connectivity index (χ4n) is 1.53. The molecule has 0 spiro atoms. The van der Waals surface area contributed by atoms with Crippen LogP contribution in [0.1, 0.15) is 30.4 Å². The van der Waals surface area contributed by atoms with Gasteiger partial charge in [0, 0.05) is 0 Å². The molecule has 0 aliphatic rings. The van der Waals surface area contributed by atoms with E-state index in [0.717, 1.165) is 13.0 Å². The van der Waals surface area contributed by atoms with Crippen LogP contribution in [0.4, 0.5) is 0 Å². The van der Waals surface area contributed by atoms with Crippen LogP contribution in [0, 0.1) is 6.92 Å². The van der Waals surface area contributed by atoms with Crippen LogP contribution in [0.2, 0.25) is 0 Å². The number of nitrogens with two attached hydrogens (primary N) is 1. The van der Waals surface area contributed by atoms with Crippen LogP contribution in [-0.2, 0) is 6.42 Å². The first-order valence-electron chi connectivity index (χ1n) is 5.09. The Bertz CT molecular complexity index is 243. The van der Waals surface area contributed by atoms with Crippen molar-refractivity contribution in [3.05, 3.63) is 35.4 Å². The number of hydrogen-bond acceptors (Lipinski definition) is 1. The van der Waals surface area contributed by atoms with Crippen LogP contribution in [0.15, 0.2) is 24.3 Å². The first-order valence-corrected chi connectivity index (χ1v) is 5.09. The number of benzene rings is 1. The molecule has 0 atom stereocenters. The summed E-state index contributed by atoms with van der Waals surface area (Å²) in [5.41, 5.74) is 8.34. The van der Waals surface area contributed by atoms with Crippen LogP contribution in [0.3, 0.4) is 0 Å². The number of unbranched alkanes of at least 4 members (excludes halogenated alkanes) is 2. The standard InChI is InChI=1S/C12H19N/c1-11-7-4-5-9-12(11)8-3-2-6-10-13/h4-5,7,9H,2-3,6,8,10,13H2,1H3. The second-order valence-electron chi connectivity index (χ2n) is 3.53. The predicted molar refractivity (Wildman–Crippen MR) is 57.8 cm³/mol. The molecule has 72 valence electrons. The van der Waals surface area contributed by atoms with E-state index in [-0.39, 0.29) is 0 Å². The summed E-state index contributed by atoms with van der Waals surface area (Å²) >= 11 is 0. The lowest BCUT2D eigenvalue weighted by atomic mass is 10.0. The summed E-state index contributed by atoms with van der Waals surface area (Å²) in [4.78, 5) is 0. The maximum Gasteiger partial charge on any atom is -0.00773 e. The minimum Gasteiger partial charge on any atom is -0.330 e. The van der Waals surface area contributed by atoms with Crippen molar-refractivity contribution in [3.63, 3.8) is 0 Å². The van der Waals surface area contributed by atoms with E-state index in [1.165, 1.54) is 30.4 Å². The van der Waals surface area contributed by atoms with Crippen LogP contribution in [0.25, 0.3) is 0 Å². The topological polar surface area (TPSA) is 26.0 Å². The molecule has 0 unspecified atom stereocenters. The van der Waals surface area contributed by atoms with E-state index in [0.29, 0.717) is 0 Å². The van der Waals surface area contributed by atoms with Gasteiger partial charge in [-0.2, -0.15) is 0 Å². The van der Waals surface area contributed by atoms with Gasteiger partial charge in [-0.05, 0) is 43.9 Å². The molecular formula is C12H19N. The summed E-state index contributed by atoms with van der Waals surface area (Å²) in [5.74, 6) is 0. The van der Waals surface area contributed by atoms with Crippen LogP contribution in [0.5, 0.6) is 0 Å². The summed E-state index contributed by atoms with van der Waals surface area (Å²) in [6.07, 6.45) is 4.88. The molecule has 13 heavy (non-hydrogen) atoms. The fourth-order valence-corrected chi connectivity index (χ4v) is 1.53. The maximum atomic E-state index is 5.44. The lowest BCUT2D eigenvalue weighted by Gasteiger charge is -2.04. The molecule has 0 aromatic heterocycles. The van der Waals surface area contributed by atoms with Crippen LogP contribution < -0.4 is 5.73 Å². The van der Waals surface area contributed by atoms with Gasteiger partial charge in [-0.15, -0.1) is 0 Å². The van der Waals surface area contributed by atoms with E-state index in [9.17, 15) is 0 Å². The Kier molecular flexibility index (Phi) is 4.55. The Morgan fingerprint density at radius 1 is 1.08 bits per heavy atom. The molecule has 0 saturated carbocycles. The van der Waals surface area contributed by atoms with E-state index in [2.05, 4.69) is 31.2 Å². The van der Waals surface area contributed by atoms with Gasteiger partial charge < -0.3 is 5.73 Å². The van der Waals surface area contributed by atoms with Gasteiger partial charge in [0.1, 0.15) is 0 Å². The molecule has 0 bridgehead atoms. The zero-order valence-electron chi connectivity index (χ0n) is 8.42. The Morgan fingerprint density at radius 2 is 1.85 bits per heavy atom. The summed E-state index contributed by atoms with van der Waals surface area (Å²) in [5, 5.41) is 0. The van der Waals surface area contributed by atoms with Gasteiger partial charge in [-0.3, -0.25) is 0 Å². The predicted octanol–water partition coefficient (Wildman–Crippen LogP) is 2.67. The average Bonchev–Trinajstić information content (AvgIpc) is 2.15. The van der Waals surface area contributed by atoms with Crippen LogP contribution in [-0.4, -0.2) is 6.54 Å². The number of aryl methyl sites for hydroxylation is 2. The Balaban J connectivity index is 2.32. The van der Waals surface area contributed by atoms with Crippen molar-refractivity contribution < 1.29 is 0 Å². The smallest absolute Gasteiger partial charge is 0.00773 e. The van der Waals surface area contributed by atoms with Crippen LogP contribution >= 0.6 is 0 Å². The third-order valence-corrected chi connectivity index (χ3v) is 2.41. The second kappa shape index (κ2) is 5.76. The van der Waals surface area contributed by atoms with Gasteiger partial charge >= 0.3 is 0 Å². The molecule has 1 aromatic carbocycles. The first kappa shape index (κ1) is 10.3. The minimum atomic E-state index is 0.827. The summed E-state index contributed by atoms with van der Waals surface area (Å²) < 4.78 is 0. The number of hydrogen-bond donors (Lipinski definition) is 1. The van der Waals surface area contributed by atoms with Crippen molar-refractivity contribution >= 4 is 0 Å². The Morgan fingerprint density at radius 3 is 2.54 bits per heavy atom. The highest BCUT2D eigenvalue weighted by atomic mass is 14.5. The summed E-state index contributed by atoms with van der Waals surface area (Å²) in [6.45, 7) is 3.01. The molecule has 1 nitrogen and oxygen atoms in total. The molecule has 0 aliphatic carbocycles. The summed E-state index contributed by atoms with van der Waals surface area (Å²) in [6, 6.07) is 8.61. The summed E-state index contributed by atoms with van der Waals surface area (Å²) in [7, 11) is 0. The first-order chi connectivity index (χ1) is 6.34. The molecule has 0 radical (unpaired) electrons. The van der Waals surface area contributed by atoms with E-state index < -0.39 is 0 Å². The van der Waals surface area contributed by atoms with E-state index >= 15 is 0 Å². The van der Waals surface area contributed by atoms with Crippen molar-refractivity contribution in [1.82, 2.24) is 0 Å². The number of rotatable bonds is 5. The second-order valence-corrected chi connectivity index (χ2v) is 3.53. The van der Waals surface area contributed by atoms with Gasteiger partial charge in [0.25, 0.3) is 0 Å².